The maximum atomic E-state index is 11.8. The molecule has 1 rings (SSSR count). The summed E-state index contributed by atoms with van der Waals surface area (Å²) in [7, 11) is 0. The third kappa shape index (κ3) is 4.52. The lowest BCUT2D eigenvalue weighted by molar-refractivity contribution is -0.133. The number of carbonyl (C=O) groups is 2. The first kappa shape index (κ1) is 14.3. The highest BCUT2D eigenvalue weighted by atomic mass is 35.5. The molecule has 1 aliphatic rings. The SMILES string of the molecule is CC(C)(C)OC(=O)N1CCOC(C(=O)CCl)C1. The third-order valence-electron chi connectivity index (χ3n) is 2.21. The molecule has 1 unspecified atom stereocenters. The van der Waals surface area contributed by atoms with Gasteiger partial charge in [-0.15, -0.1) is 11.6 Å². The molecule has 1 amide bonds. The van der Waals surface area contributed by atoms with Gasteiger partial charge in [0, 0.05) is 6.54 Å². The maximum absolute atomic E-state index is 11.8. The van der Waals surface area contributed by atoms with Crippen LogP contribution in [0.4, 0.5) is 4.79 Å². The molecule has 0 saturated carbocycles. The molecule has 0 aliphatic carbocycles. The molecule has 1 heterocycles. The van der Waals surface area contributed by atoms with Gasteiger partial charge in [0.1, 0.15) is 11.7 Å². The molecule has 1 saturated heterocycles. The quantitative estimate of drug-likeness (QED) is 0.708. The molecular weight excluding hydrogens is 246 g/mol. The van der Waals surface area contributed by atoms with Gasteiger partial charge in [0.25, 0.3) is 0 Å². The van der Waals surface area contributed by atoms with Crippen LogP contribution in [-0.2, 0) is 14.3 Å². The minimum absolute atomic E-state index is 0.104. The van der Waals surface area contributed by atoms with Gasteiger partial charge in [0.2, 0.25) is 0 Å². The highest BCUT2D eigenvalue weighted by molar-refractivity contribution is 6.28. The third-order valence-corrected chi connectivity index (χ3v) is 2.47. The molecule has 6 heteroatoms. The standard InChI is InChI=1S/C11H18ClNO4/c1-11(2,3)17-10(15)13-4-5-16-9(7-13)8(14)6-12/h9H,4-7H2,1-3H3. The first-order valence-electron chi connectivity index (χ1n) is 5.51. The molecule has 0 bridgehead atoms. The number of halogens is 1. The van der Waals surface area contributed by atoms with E-state index in [1.807, 2.05) is 0 Å². The number of Topliss-reactive ketones (excluding diaryl/α,β-unsaturated/α-hetero) is 1. The van der Waals surface area contributed by atoms with Crippen molar-refractivity contribution in [2.75, 3.05) is 25.6 Å². The number of hydrogen-bond acceptors (Lipinski definition) is 4. The smallest absolute Gasteiger partial charge is 0.410 e. The molecular formula is C11H18ClNO4. The summed E-state index contributed by atoms with van der Waals surface area (Å²) in [5, 5.41) is 0. The second-order valence-corrected chi connectivity index (χ2v) is 5.15. The average Bonchev–Trinajstić information content (AvgIpc) is 2.26. The zero-order chi connectivity index (χ0) is 13.1. The van der Waals surface area contributed by atoms with E-state index in [2.05, 4.69) is 0 Å². The van der Waals surface area contributed by atoms with E-state index in [4.69, 9.17) is 21.1 Å². The van der Waals surface area contributed by atoms with E-state index in [1.54, 1.807) is 20.8 Å². The number of ketones is 1. The Balaban J connectivity index is 2.55. The van der Waals surface area contributed by atoms with Gasteiger partial charge in [-0.05, 0) is 20.8 Å². The lowest BCUT2D eigenvalue weighted by Gasteiger charge is -2.33. The zero-order valence-electron chi connectivity index (χ0n) is 10.4. The molecule has 0 aromatic carbocycles. The summed E-state index contributed by atoms with van der Waals surface area (Å²) in [5.41, 5.74) is -0.540. The summed E-state index contributed by atoms with van der Waals surface area (Å²) in [6.45, 7) is 6.36. The number of alkyl halides is 1. The molecule has 5 nitrogen and oxygen atoms in total. The van der Waals surface area contributed by atoms with E-state index in [1.165, 1.54) is 4.90 Å². The first-order chi connectivity index (χ1) is 7.83. The van der Waals surface area contributed by atoms with Gasteiger partial charge in [0.15, 0.2) is 5.78 Å². The van der Waals surface area contributed by atoms with Crippen LogP contribution in [0.25, 0.3) is 0 Å². The lowest BCUT2D eigenvalue weighted by Crippen LogP contribution is -2.50. The molecule has 17 heavy (non-hydrogen) atoms. The molecule has 0 spiro atoms. The summed E-state index contributed by atoms with van der Waals surface area (Å²) in [5.74, 6) is -0.313. The van der Waals surface area contributed by atoms with Crippen LogP contribution in [0.3, 0.4) is 0 Å². The minimum atomic E-state index is -0.631. The van der Waals surface area contributed by atoms with Crippen molar-refractivity contribution in [1.29, 1.82) is 0 Å². The van der Waals surface area contributed by atoms with Crippen molar-refractivity contribution in [2.45, 2.75) is 32.5 Å². The van der Waals surface area contributed by atoms with Crippen molar-refractivity contribution in [3.63, 3.8) is 0 Å². The molecule has 0 N–H and O–H groups in total. The van der Waals surface area contributed by atoms with E-state index >= 15 is 0 Å². The molecule has 0 aromatic rings. The number of nitrogens with zero attached hydrogens (tertiary/aromatic N) is 1. The average molecular weight is 264 g/mol. The van der Waals surface area contributed by atoms with Crippen molar-refractivity contribution >= 4 is 23.5 Å². The predicted molar refractivity (Wildman–Crippen MR) is 63.3 cm³/mol. The second kappa shape index (κ2) is 5.69. The largest absolute Gasteiger partial charge is 0.444 e. The van der Waals surface area contributed by atoms with Gasteiger partial charge in [-0.25, -0.2) is 4.79 Å². The number of rotatable bonds is 2. The fourth-order valence-electron chi connectivity index (χ4n) is 1.42. The van der Waals surface area contributed by atoms with Crippen LogP contribution in [-0.4, -0.2) is 54.1 Å². The fourth-order valence-corrected chi connectivity index (χ4v) is 1.59. The molecule has 1 atom stereocenters. The van der Waals surface area contributed by atoms with Crippen LogP contribution >= 0.6 is 11.6 Å². The molecule has 0 aromatic heterocycles. The maximum Gasteiger partial charge on any atom is 0.410 e. The van der Waals surface area contributed by atoms with Crippen LogP contribution in [0.2, 0.25) is 0 Å². The minimum Gasteiger partial charge on any atom is -0.444 e. The Morgan fingerprint density at radius 2 is 2.12 bits per heavy atom. The molecule has 0 radical (unpaired) electrons. The van der Waals surface area contributed by atoms with Gasteiger partial charge >= 0.3 is 6.09 Å². The molecule has 98 valence electrons. The van der Waals surface area contributed by atoms with Crippen molar-refractivity contribution in [3.8, 4) is 0 Å². The summed E-state index contributed by atoms with van der Waals surface area (Å²) in [4.78, 5) is 24.6. The lowest BCUT2D eigenvalue weighted by atomic mass is 10.2. The second-order valence-electron chi connectivity index (χ2n) is 4.89. The molecule has 1 fully saturated rings. The summed E-state index contributed by atoms with van der Waals surface area (Å²) in [6, 6.07) is 0. The topological polar surface area (TPSA) is 55.8 Å². The Hall–Kier alpha value is -0.810. The Labute approximate surface area is 106 Å². The summed E-state index contributed by atoms with van der Waals surface area (Å²) < 4.78 is 10.5. The zero-order valence-corrected chi connectivity index (χ0v) is 11.1. The Morgan fingerprint density at radius 3 is 2.65 bits per heavy atom. The number of ether oxygens (including phenoxy) is 2. The molecule has 1 aliphatic heterocycles. The van der Waals surface area contributed by atoms with Crippen LogP contribution in [0.1, 0.15) is 20.8 Å². The Morgan fingerprint density at radius 1 is 1.47 bits per heavy atom. The van der Waals surface area contributed by atoms with E-state index < -0.39 is 17.8 Å². The summed E-state index contributed by atoms with van der Waals surface area (Å²) >= 11 is 5.45. The van der Waals surface area contributed by atoms with E-state index in [0.29, 0.717) is 13.2 Å². The van der Waals surface area contributed by atoms with Crippen molar-refractivity contribution < 1.29 is 19.1 Å². The Kier molecular flexibility index (Phi) is 4.77. The normalized spacial score (nSPS) is 21.2. The highest BCUT2D eigenvalue weighted by Crippen LogP contribution is 2.13. The van der Waals surface area contributed by atoms with Crippen LogP contribution in [0.5, 0.6) is 0 Å². The number of morpholine rings is 1. The monoisotopic (exact) mass is 263 g/mol. The van der Waals surface area contributed by atoms with E-state index in [0.717, 1.165) is 0 Å². The number of hydrogen-bond donors (Lipinski definition) is 0. The van der Waals surface area contributed by atoms with Crippen LogP contribution in [0, 0.1) is 0 Å². The van der Waals surface area contributed by atoms with E-state index in [-0.39, 0.29) is 18.2 Å². The highest BCUT2D eigenvalue weighted by Gasteiger charge is 2.31. The van der Waals surface area contributed by atoms with Gasteiger partial charge < -0.3 is 14.4 Å². The van der Waals surface area contributed by atoms with Gasteiger partial charge in [0.05, 0.1) is 19.0 Å². The van der Waals surface area contributed by atoms with Gasteiger partial charge in [-0.1, -0.05) is 0 Å². The fraction of sp³-hybridized carbons (Fsp3) is 0.818. The van der Waals surface area contributed by atoms with Gasteiger partial charge in [-0.2, -0.15) is 0 Å². The summed E-state index contributed by atoms with van der Waals surface area (Å²) in [6.07, 6.45) is -1.05. The van der Waals surface area contributed by atoms with Crippen LogP contribution in [0.15, 0.2) is 0 Å². The number of amides is 1. The van der Waals surface area contributed by atoms with Gasteiger partial charge in [-0.3, -0.25) is 4.79 Å². The van der Waals surface area contributed by atoms with Crippen molar-refractivity contribution in [3.05, 3.63) is 0 Å². The number of carbonyl (C=O) groups excluding carboxylic acids is 2. The van der Waals surface area contributed by atoms with Crippen LogP contribution < -0.4 is 0 Å². The van der Waals surface area contributed by atoms with Crippen molar-refractivity contribution in [2.24, 2.45) is 0 Å². The van der Waals surface area contributed by atoms with Crippen molar-refractivity contribution in [1.82, 2.24) is 4.90 Å². The Bertz CT molecular complexity index is 300. The first-order valence-corrected chi connectivity index (χ1v) is 6.05. The van der Waals surface area contributed by atoms with E-state index in [9.17, 15) is 9.59 Å². The predicted octanol–water partition coefficient (Wildman–Crippen LogP) is 1.43.